The van der Waals surface area contributed by atoms with Crippen molar-refractivity contribution in [2.75, 3.05) is 5.32 Å². The Morgan fingerprint density at radius 2 is 1.92 bits per heavy atom. The first-order valence-electron chi connectivity index (χ1n) is 8.03. The third-order valence-electron chi connectivity index (χ3n) is 3.80. The van der Waals surface area contributed by atoms with Crippen LogP contribution in [0.25, 0.3) is 5.69 Å². The fourth-order valence-electron chi connectivity index (χ4n) is 2.34. The molecule has 0 saturated heterocycles. The van der Waals surface area contributed by atoms with Gasteiger partial charge in [0.1, 0.15) is 5.82 Å². The minimum atomic E-state index is -0.435. The standard InChI is InChI=1S/C18H18FN5OS/c1-11-4-5-12(2)16(10-11)24-18(21-22-23-24)26-13(3)17(25)20-15-8-6-14(19)7-9-15/h4-10,13H,1-3H3,(H,20,25)/t13-/m0/s1. The van der Waals surface area contributed by atoms with Crippen molar-refractivity contribution >= 4 is 23.4 Å². The number of hydrogen-bond donors (Lipinski definition) is 1. The first-order valence-corrected chi connectivity index (χ1v) is 8.91. The number of aryl methyl sites for hydroxylation is 2. The van der Waals surface area contributed by atoms with E-state index >= 15 is 0 Å². The number of benzene rings is 2. The van der Waals surface area contributed by atoms with Crippen molar-refractivity contribution in [3.63, 3.8) is 0 Å². The van der Waals surface area contributed by atoms with Crippen LogP contribution in [0.1, 0.15) is 18.1 Å². The number of nitrogens with one attached hydrogen (secondary N) is 1. The van der Waals surface area contributed by atoms with Crippen LogP contribution in [0.3, 0.4) is 0 Å². The molecule has 2 aromatic carbocycles. The van der Waals surface area contributed by atoms with Gasteiger partial charge in [-0.1, -0.05) is 23.9 Å². The summed E-state index contributed by atoms with van der Waals surface area (Å²) in [5.74, 6) is -0.560. The average molecular weight is 371 g/mol. The van der Waals surface area contributed by atoms with Crippen LogP contribution in [0.15, 0.2) is 47.6 Å². The van der Waals surface area contributed by atoms with Crippen molar-refractivity contribution in [2.24, 2.45) is 0 Å². The van der Waals surface area contributed by atoms with Gasteiger partial charge < -0.3 is 5.32 Å². The molecule has 1 amide bonds. The zero-order valence-corrected chi connectivity index (χ0v) is 15.4. The van der Waals surface area contributed by atoms with E-state index in [1.165, 1.54) is 36.0 Å². The number of anilines is 1. The molecule has 1 heterocycles. The van der Waals surface area contributed by atoms with E-state index in [4.69, 9.17) is 0 Å². The Balaban J connectivity index is 1.75. The maximum Gasteiger partial charge on any atom is 0.237 e. The maximum atomic E-state index is 13.0. The Hall–Kier alpha value is -2.74. The Bertz CT molecular complexity index is 926. The minimum absolute atomic E-state index is 0.211. The van der Waals surface area contributed by atoms with Gasteiger partial charge in [0.05, 0.1) is 10.9 Å². The summed E-state index contributed by atoms with van der Waals surface area (Å²) < 4.78 is 14.6. The summed E-state index contributed by atoms with van der Waals surface area (Å²) in [5.41, 5.74) is 3.55. The maximum absolute atomic E-state index is 13.0. The number of halogens is 1. The Morgan fingerprint density at radius 1 is 1.19 bits per heavy atom. The number of rotatable bonds is 5. The molecule has 3 rings (SSSR count). The summed E-state index contributed by atoms with van der Waals surface area (Å²) in [6.45, 7) is 5.75. The van der Waals surface area contributed by atoms with E-state index in [1.807, 2.05) is 32.0 Å². The van der Waals surface area contributed by atoms with Gasteiger partial charge in [0, 0.05) is 5.69 Å². The van der Waals surface area contributed by atoms with Crippen molar-refractivity contribution in [1.82, 2.24) is 20.2 Å². The fourth-order valence-corrected chi connectivity index (χ4v) is 3.14. The summed E-state index contributed by atoms with van der Waals surface area (Å²) in [7, 11) is 0. The van der Waals surface area contributed by atoms with E-state index in [-0.39, 0.29) is 11.7 Å². The van der Waals surface area contributed by atoms with Gasteiger partial charge in [-0.15, -0.1) is 5.10 Å². The fraction of sp³-hybridized carbons (Fsp3) is 0.222. The van der Waals surface area contributed by atoms with Crippen molar-refractivity contribution in [3.05, 3.63) is 59.4 Å². The number of aromatic nitrogens is 4. The van der Waals surface area contributed by atoms with Gasteiger partial charge in [-0.2, -0.15) is 4.68 Å². The molecule has 0 radical (unpaired) electrons. The van der Waals surface area contributed by atoms with Gasteiger partial charge in [-0.3, -0.25) is 4.79 Å². The summed E-state index contributed by atoms with van der Waals surface area (Å²) in [6, 6.07) is 11.7. The molecule has 0 fully saturated rings. The zero-order chi connectivity index (χ0) is 18.7. The Kier molecular flexibility index (Phi) is 5.32. The lowest BCUT2D eigenvalue weighted by Gasteiger charge is -2.13. The van der Waals surface area contributed by atoms with Crippen LogP contribution in [0, 0.1) is 19.7 Å². The highest BCUT2D eigenvalue weighted by Crippen LogP contribution is 2.25. The van der Waals surface area contributed by atoms with Gasteiger partial charge in [0.25, 0.3) is 0 Å². The quantitative estimate of drug-likeness (QED) is 0.695. The lowest BCUT2D eigenvalue weighted by atomic mass is 10.1. The van der Waals surface area contributed by atoms with Gasteiger partial charge in [-0.05, 0) is 72.7 Å². The van der Waals surface area contributed by atoms with Gasteiger partial charge in [0.2, 0.25) is 11.1 Å². The molecule has 8 heteroatoms. The van der Waals surface area contributed by atoms with Crippen molar-refractivity contribution in [1.29, 1.82) is 0 Å². The van der Waals surface area contributed by atoms with Crippen LogP contribution in [-0.2, 0) is 4.79 Å². The van der Waals surface area contributed by atoms with Crippen LogP contribution in [0.4, 0.5) is 10.1 Å². The predicted molar refractivity (Wildman–Crippen MR) is 99.0 cm³/mol. The first kappa shape index (κ1) is 18.1. The normalized spacial score (nSPS) is 12.0. The third kappa shape index (κ3) is 4.08. The van der Waals surface area contributed by atoms with E-state index in [9.17, 15) is 9.18 Å². The van der Waals surface area contributed by atoms with E-state index in [0.717, 1.165) is 16.8 Å². The van der Waals surface area contributed by atoms with Crippen LogP contribution in [-0.4, -0.2) is 31.4 Å². The minimum Gasteiger partial charge on any atom is -0.325 e. The summed E-state index contributed by atoms with van der Waals surface area (Å²) in [4.78, 5) is 12.4. The van der Waals surface area contributed by atoms with Gasteiger partial charge in [0.15, 0.2) is 0 Å². The van der Waals surface area contributed by atoms with E-state index in [0.29, 0.717) is 10.8 Å². The summed E-state index contributed by atoms with van der Waals surface area (Å²) in [6.07, 6.45) is 0. The van der Waals surface area contributed by atoms with Crippen LogP contribution < -0.4 is 5.32 Å². The molecule has 6 nitrogen and oxygen atoms in total. The Morgan fingerprint density at radius 3 is 2.65 bits per heavy atom. The second-order valence-electron chi connectivity index (χ2n) is 5.92. The molecule has 0 spiro atoms. The molecule has 3 aromatic rings. The lowest BCUT2D eigenvalue weighted by molar-refractivity contribution is -0.115. The number of nitrogens with zero attached hydrogens (tertiary/aromatic N) is 4. The van der Waals surface area contributed by atoms with Crippen LogP contribution in [0.5, 0.6) is 0 Å². The number of amides is 1. The van der Waals surface area contributed by atoms with Crippen LogP contribution >= 0.6 is 11.8 Å². The summed E-state index contributed by atoms with van der Waals surface area (Å²) >= 11 is 1.26. The molecule has 0 aliphatic rings. The molecule has 1 atom stereocenters. The first-order chi connectivity index (χ1) is 12.4. The molecule has 0 aliphatic carbocycles. The highest BCUT2D eigenvalue weighted by molar-refractivity contribution is 8.00. The SMILES string of the molecule is Cc1ccc(C)c(-n2nnnc2S[C@@H](C)C(=O)Nc2ccc(F)cc2)c1. The third-order valence-corrected chi connectivity index (χ3v) is 4.83. The van der Waals surface area contributed by atoms with Crippen LogP contribution in [0.2, 0.25) is 0 Å². The van der Waals surface area contributed by atoms with Crippen molar-refractivity contribution in [2.45, 2.75) is 31.2 Å². The van der Waals surface area contributed by atoms with Crippen molar-refractivity contribution in [3.8, 4) is 5.69 Å². The second-order valence-corrected chi connectivity index (χ2v) is 7.23. The molecule has 0 bridgehead atoms. The number of hydrogen-bond acceptors (Lipinski definition) is 5. The molecule has 0 saturated carbocycles. The molecule has 0 unspecified atom stereocenters. The van der Waals surface area contributed by atoms with Crippen molar-refractivity contribution < 1.29 is 9.18 Å². The highest BCUT2D eigenvalue weighted by Gasteiger charge is 2.20. The topological polar surface area (TPSA) is 72.7 Å². The van der Waals surface area contributed by atoms with Gasteiger partial charge >= 0.3 is 0 Å². The zero-order valence-electron chi connectivity index (χ0n) is 14.6. The molecule has 134 valence electrons. The lowest BCUT2D eigenvalue weighted by Crippen LogP contribution is -2.23. The van der Waals surface area contributed by atoms with Gasteiger partial charge in [-0.25, -0.2) is 4.39 Å². The van der Waals surface area contributed by atoms with E-state index in [2.05, 4.69) is 20.8 Å². The number of tetrazole rings is 1. The molecule has 26 heavy (non-hydrogen) atoms. The van der Waals surface area contributed by atoms with E-state index < -0.39 is 5.25 Å². The molecular formula is C18H18FN5OS. The molecule has 0 aliphatic heterocycles. The Labute approximate surface area is 154 Å². The molecule has 1 N–H and O–H groups in total. The number of carbonyl (C=O) groups is 1. The van der Waals surface area contributed by atoms with E-state index in [1.54, 1.807) is 11.6 Å². The average Bonchev–Trinajstić information content (AvgIpc) is 3.07. The smallest absolute Gasteiger partial charge is 0.237 e. The molecular weight excluding hydrogens is 353 g/mol. The number of thioether (sulfide) groups is 1. The second kappa shape index (κ2) is 7.65. The largest absolute Gasteiger partial charge is 0.325 e. The highest BCUT2D eigenvalue weighted by atomic mass is 32.2. The summed E-state index contributed by atoms with van der Waals surface area (Å²) in [5, 5.41) is 14.7. The number of carbonyl (C=O) groups excluding carboxylic acids is 1. The monoisotopic (exact) mass is 371 g/mol. The predicted octanol–water partition coefficient (Wildman–Crippen LogP) is 3.54. The molecule has 1 aromatic heterocycles.